The van der Waals surface area contributed by atoms with Crippen LogP contribution in [-0.2, 0) is 7.05 Å². The van der Waals surface area contributed by atoms with Crippen molar-refractivity contribution in [3.05, 3.63) is 63.0 Å². The third-order valence-electron chi connectivity index (χ3n) is 4.84. The molecular formula is C20H22ClN3O3. The summed E-state index contributed by atoms with van der Waals surface area (Å²) in [6.07, 6.45) is 3.45. The first-order valence-electron chi connectivity index (χ1n) is 8.92. The van der Waals surface area contributed by atoms with Crippen molar-refractivity contribution in [1.29, 1.82) is 0 Å². The number of nitrogens with zero attached hydrogens (tertiary/aromatic N) is 2. The second-order valence-corrected chi connectivity index (χ2v) is 7.43. The molecule has 6 nitrogen and oxygen atoms in total. The van der Waals surface area contributed by atoms with E-state index >= 15 is 0 Å². The molecule has 142 valence electrons. The number of carbonyl (C=O) groups excluding carboxylic acids is 2. The average Bonchev–Trinajstić information content (AvgIpc) is 2.65. The van der Waals surface area contributed by atoms with Crippen LogP contribution in [0, 0.1) is 5.92 Å². The van der Waals surface area contributed by atoms with Crippen molar-refractivity contribution in [3.63, 3.8) is 0 Å². The van der Waals surface area contributed by atoms with Gasteiger partial charge in [0.1, 0.15) is 5.69 Å². The van der Waals surface area contributed by atoms with Crippen LogP contribution in [0.3, 0.4) is 0 Å². The maximum absolute atomic E-state index is 12.8. The Bertz CT molecular complexity index is 930. The molecule has 1 N–H and O–H groups in total. The topological polar surface area (TPSA) is 71.4 Å². The number of pyridine rings is 1. The summed E-state index contributed by atoms with van der Waals surface area (Å²) in [7, 11) is 1.56. The highest BCUT2D eigenvalue weighted by atomic mass is 35.5. The first kappa shape index (κ1) is 19.2. The molecule has 1 saturated heterocycles. The average molecular weight is 388 g/mol. The maximum Gasteiger partial charge on any atom is 0.274 e. The molecule has 1 aliphatic heterocycles. The van der Waals surface area contributed by atoms with Crippen molar-refractivity contribution in [3.8, 4) is 0 Å². The molecule has 3 rings (SSSR count). The highest BCUT2D eigenvalue weighted by Crippen LogP contribution is 2.19. The van der Waals surface area contributed by atoms with E-state index < -0.39 is 5.91 Å². The third kappa shape index (κ3) is 4.39. The smallest absolute Gasteiger partial charge is 0.274 e. The van der Waals surface area contributed by atoms with E-state index in [1.807, 2.05) is 0 Å². The quantitative estimate of drug-likeness (QED) is 0.879. The van der Waals surface area contributed by atoms with Gasteiger partial charge in [0.15, 0.2) is 0 Å². The molecule has 0 atom stereocenters. The van der Waals surface area contributed by atoms with Crippen molar-refractivity contribution in [2.24, 2.45) is 13.0 Å². The summed E-state index contributed by atoms with van der Waals surface area (Å²) in [5.41, 5.74) is 0.409. The maximum atomic E-state index is 12.8. The van der Waals surface area contributed by atoms with Crippen LogP contribution in [0.1, 0.15) is 40.5 Å². The second kappa shape index (κ2) is 7.96. The fourth-order valence-corrected chi connectivity index (χ4v) is 3.33. The van der Waals surface area contributed by atoms with E-state index in [2.05, 4.69) is 12.2 Å². The highest BCUT2D eigenvalue weighted by Gasteiger charge is 2.23. The molecule has 0 unspecified atom stereocenters. The van der Waals surface area contributed by atoms with Gasteiger partial charge in [-0.1, -0.05) is 24.6 Å². The zero-order chi connectivity index (χ0) is 19.6. The Morgan fingerprint density at radius 1 is 1.15 bits per heavy atom. The normalized spacial score (nSPS) is 14.9. The van der Waals surface area contributed by atoms with Crippen molar-refractivity contribution in [2.45, 2.75) is 19.8 Å². The first-order valence-corrected chi connectivity index (χ1v) is 9.30. The molecule has 1 fully saturated rings. The van der Waals surface area contributed by atoms with Crippen LogP contribution >= 0.6 is 11.6 Å². The summed E-state index contributed by atoms with van der Waals surface area (Å²) in [5.74, 6) is 0.0310. The van der Waals surface area contributed by atoms with Crippen LogP contribution in [0.4, 0.5) is 5.69 Å². The minimum atomic E-state index is -0.453. The van der Waals surface area contributed by atoms with Gasteiger partial charge in [-0.15, -0.1) is 0 Å². The molecule has 2 heterocycles. The molecule has 27 heavy (non-hydrogen) atoms. The van der Waals surface area contributed by atoms with Gasteiger partial charge in [-0.2, -0.15) is 0 Å². The number of benzene rings is 1. The van der Waals surface area contributed by atoms with Crippen molar-refractivity contribution in [2.75, 3.05) is 18.4 Å². The van der Waals surface area contributed by atoms with Crippen LogP contribution in [0.25, 0.3) is 0 Å². The number of aromatic nitrogens is 1. The van der Waals surface area contributed by atoms with Crippen LogP contribution in [0.5, 0.6) is 0 Å². The number of halogens is 1. The number of nitrogens with one attached hydrogen (secondary N) is 1. The second-order valence-electron chi connectivity index (χ2n) is 7.00. The molecule has 0 aliphatic carbocycles. The molecule has 0 radical (unpaired) electrons. The van der Waals surface area contributed by atoms with Crippen molar-refractivity contribution < 1.29 is 9.59 Å². The molecule has 0 saturated carbocycles. The monoisotopic (exact) mass is 387 g/mol. The number of carbonyl (C=O) groups is 2. The van der Waals surface area contributed by atoms with E-state index in [0.29, 0.717) is 35.2 Å². The number of anilines is 1. The number of rotatable bonds is 3. The van der Waals surface area contributed by atoms with Crippen LogP contribution < -0.4 is 10.9 Å². The van der Waals surface area contributed by atoms with Gasteiger partial charge in [0, 0.05) is 36.9 Å². The Balaban J connectivity index is 1.85. The lowest BCUT2D eigenvalue weighted by Crippen LogP contribution is -2.38. The highest BCUT2D eigenvalue weighted by molar-refractivity contribution is 6.31. The van der Waals surface area contributed by atoms with Gasteiger partial charge in [0.25, 0.3) is 17.4 Å². The molecule has 0 spiro atoms. The predicted molar refractivity (Wildman–Crippen MR) is 105 cm³/mol. The zero-order valence-electron chi connectivity index (χ0n) is 15.4. The molecule has 7 heteroatoms. The number of hydrogen-bond donors (Lipinski definition) is 1. The molecule has 1 aromatic heterocycles. The van der Waals surface area contributed by atoms with Gasteiger partial charge < -0.3 is 14.8 Å². The van der Waals surface area contributed by atoms with E-state index in [1.54, 1.807) is 30.1 Å². The summed E-state index contributed by atoms with van der Waals surface area (Å²) in [5, 5.41) is 3.03. The Labute approximate surface area is 162 Å². The van der Waals surface area contributed by atoms with Crippen LogP contribution in [-0.4, -0.2) is 34.4 Å². The minimum absolute atomic E-state index is 0.0682. The number of hydrogen-bond acceptors (Lipinski definition) is 3. The Morgan fingerprint density at radius 3 is 2.52 bits per heavy atom. The van der Waals surface area contributed by atoms with Crippen molar-refractivity contribution in [1.82, 2.24) is 9.47 Å². The summed E-state index contributed by atoms with van der Waals surface area (Å²) < 4.78 is 1.31. The number of amides is 2. The Morgan fingerprint density at radius 2 is 1.85 bits per heavy atom. The standard InChI is InChI=1S/C20H22ClN3O3/c1-13-6-8-24(9-7-13)19(26)15-11-17(20(27)23(2)12-15)22-18(25)14-4-3-5-16(21)10-14/h3-5,10-13H,6-9H2,1-2H3,(H,22,25). The van der Waals surface area contributed by atoms with Gasteiger partial charge in [0.2, 0.25) is 0 Å². The molecule has 0 bridgehead atoms. The lowest BCUT2D eigenvalue weighted by molar-refractivity contribution is 0.0696. The molecule has 2 aromatic rings. The fourth-order valence-electron chi connectivity index (χ4n) is 3.14. The molecule has 2 amide bonds. The molecule has 1 aliphatic rings. The molecule has 1 aromatic carbocycles. The first-order chi connectivity index (χ1) is 12.8. The Kier molecular flexibility index (Phi) is 5.65. The van der Waals surface area contributed by atoms with E-state index in [4.69, 9.17) is 11.6 Å². The van der Waals surface area contributed by atoms with E-state index in [-0.39, 0.29) is 17.2 Å². The summed E-state index contributed by atoms with van der Waals surface area (Å²) in [6.45, 7) is 3.58. The van der Waals surface area contributed by atoms with Crippen LogP contribution in [0.2, 0.25) is 5.02 Å². The number of aryl methyl sites for hydroxylation is 1. The summed E-state index contributed by atoms with van der Waals surface area (Å²) in [6, 6.07) is 7.90. The minimum Gasteiger partial charge on any atom is -0.339 e. The molecular weight excluding hydrogens is 366 g/mol. The van der Waals surface area contributed by atoms with Crippen molar-refractivity contribution >= 4 is 29.1 Å². The number of likely N-dealkylation sites (tertiary alicyclic amines) is 1. The number of piperidine rings is 1. The SMILES string of the molecule is CC1CCN(C(=O)c2cc(NC(=O)c3cccc(Cl)c3)c(=O)n(C)c2)CC1. The lowest BCUT2D eigenvalue weighted by Gasteiger charge is -2.30. The Hall–Kier alpha value is -2.60. The van der Waals surface area contributed by atoms with Gasteiger partial charge in [-0.05, 0) is 43.0 Å². The van der Waals surface area contributed by atoms with Crippen LogP contribution in [0.15, 0.2) is 41.3 Å². The zero-order valence-corrected chi connectivity index (χ0v) is 16.1. The van der Waals surface area contributed by atoms with E-state index in [0.717, 1.165) is 12.8 Å². The van der Waals surface area contributed by atoms with Gasteiger partial charge >= 0.3 is 0 Å². The largest absolute Gasteiger partial charge is 0.339 e. The fraction of sp³-hybridized carbons (Fsp3) is 0.350. The van der Waals surface area contributed by atoms with Gasteiger partial charge in [-0.3, -0.25) is 14.4 Å². The van der Waals surface area contributed by atoms with E-state index in [9.17, 15) is 14.4 Å². The summed E-state index contributed by atoms with van der Waals surface area (Å²) >= 11 is 5.92. The van der Waals surface area contributed by atoms with Gasteiger partial charge in [-0.25, -0.2) is 0 Å². The third-order valence-corrected chi connectivity index (χ3v) is 5.07. The predicted octanol–water partition coefficient (Wildman–Crippen LogP) is 3.16. The van der Waals surface area contributed by atoms with Gasteiger partial charge in [0.05, 0.1) is 5.56 Å². The lowest BCUT2D eigenvalue weighted by atomic mass is 9.99. The summed E-state index contributed by atoms with van der Waals surface area (Å²) in [4.78, 5) is 39.4. The van der Waals surface area contributed by atoms with E-state index in [1.165, 1.54) is 22.9 Å².